The number of rotatable bonds is 4. The lowest BCUT2D eigenvalue weighted by Crippen LogP contribution is -2.54. The van der Waals surface area contributed by atoms with Gasteiger partial charge in [-0.15, -0.1) is 11.8 Å². The number of nitrogens with one attached hydrogen (secondary N) is 1. The molecule has 2 saturated heterocycles. The summed E-state index contributed by atoms with van der Waals surface area (Å²) in [5, 5.41) is 3.21. The lowest BCUT2D eigenvalue weighted by atomic mass is 10.1. The maximum Gasteiger partial charge on any atom is 0.240 e. The number of carbonyl (C=O) groups excluding carboxylic acids is 2. The SMILES string of the molecule is COc1cccc(CC(=O)N2CCN(C(=O)C3CSCN3)CC2)c1. The number of methoxy groups -OCH3 is 1. The Hall–Kier alpha value is -1.73. The molecule has 1 atom stereocenters. The van der Waals surface area contributed by atoms with Crippen LogP contribution in [0.1, 0.15) is 5.56 Å². The van der Waals surface area contributed by atoms with E-state index in [0.717, 1.165) is 22.9 Å². The average molecular weight is 349 g/mol. The van der Waals surface area contributed by atoms with Crippen LogP contribution < -0.4 is 10.1 Å². The van der Waals surface area contributed by atoms with E-state index in [9.17, 15) is 9.59 Å². The van der Waals surface area contributed by atoms with Crippen LogP contribution in [0.3, 0.4) is 0 Å². The van der Waals surface area contributed by atoms with Gasteiger partial charge in [-0.05, 0) is 17.7 Å². The summed E-state index contributed by atoms with van der Waals surface area (Å²) in [6, 6.07) is 7.53. The van der Waals surface area contributed by atoms with E-state index in [1.54, 1.807) is 18.9 Å². The highest BCUT2D eigenvalue weighted by molar-refractivity contribution is 7.99. The minimum absolute atomic E-state index is 0.0611. The summed E-state index contributed by atoms with van der Waals surface area (Å²) in [5.74, 6) is 2.71. The molecule has 7 heteroatoms. The topological polar surface area (TPSA) is 61.9 Å². The largest absolute Gasteiger partial charge is 0.497 e. The molecule has 2 heterocycles. The van der Waals surface area contributed by atoms with Crippen molar-refractivity contribution in [3.05, 3.63) is 29.8 Å². The molecule has 1 aromatic carbocycles. The van der Waals surface area contributed by atoms with Gasteiger partial charge in [-0.3, -0.25) is 14.9 Å². The molecule has 24 heavy (non-hydrogen) atoms. The Morgan fingerprint density at radius 2 is 2.00 bits per heavy atom. The highest BCUT2D eigenvalue weighted by Crippen LogP contribution is 2.16. The van der Waals surface area contributed by atoms with E-state index < -0.39 is 0 Å². The van der Waals surface area contributed by atoms with Gasteiger partial charge in [0.25, 0.3) is 0 Å². The molecule has 0 spiro atoms. The number of hydrogen-bond donors (Lipinski definition) is 1. The zero-order valence-electron chi connectivity index (χ0n) is 13.9. The van der Waals surface area contributed by atoms with Gasteiger partial charge in [-0.25, -0.2) is 0 Å². The molecule has 0 aromatic heterocycles. The van der Waals surface area contributed by atoms with E-state index >= 15 is 0 Å². The molecule has 1 unspecified atom stereocenters. The summed E-state index contributed by atoms with van der Waals surface area (Å²) in [6.07, 6.45) is 0.367. The summed E-state index contributed by atoms with van der Waals surface area (Å²) >= 11 is 1.75. The maximum atomic E-state index is 12.5. The highest BCUT2D eigenvalue weighted by atomic mass is 32.2. The molecule has 3 rings (SSSR count). The van der Waals surface area contributed by atoms with Gasteiger partial charge < -0.3 is 14.5 Å². The lowest BCUT2D eigenvalue weighted by Gasteiger charge is -2.36. The van der Waals surface area contributed by atoms with Crippen molar-refractivity contribution in [2.75, 3.05) is 44.9 Å². The first-order valence-electron chi connectivity index (χ1n) is 8.18. The fraction of sp³-hybridized carbons (Fsp3) is 0.529. The molecule has 0 bridgehead atoms. The molecule has 1 N–H and O–H groups in total. The van der Waals surface area contributed by atoms with Crippen LogP contribution in [-0.4, -0.2) is 72.6 Å². The smallest absolute Gasteiger partial charge is 0.240 e. The molecule has 0 radical (unpaired) electrons. The van der Waals surface area contributed by atoms with Crippen LogP contribution in [0.25, 0.3) is 0 Å². The van der Waals surface area contributed by atoms with Gasteiger partial charge in [-0.2, -0.15) is 0 Å². The number of benzene rings is 1. The van der Waals surface area contributed by atoms with Gasteiger partial charge in [0.05, 0.1) is 19.6 Å². The van der Waals surface area contributed by atoms with E-state index in [1.165, 1.54) is 0 Å². The molecule has 2 fully saturated rings. The van der Waals surface area contributed by atoms with Crippen LogP contribution >= 0.6 is 11.8 Å². The van der Waals surface area contributed by atoms with Crippen molar-refractivity contribution in [2.45, 2.75) is 12.5 Å². The quantitative estimate of drug-likeness (QED) is 0.861. The fourth-order valence-corrected chi connectivity index (χ4v) is 3.95. The Kier molecular flexibility index (Phi) is 5.63. The predicted octanol–water partition coefficient (Wildman–Crippen LogP) is 0.571. The maximum absolute atomic E-state index is 12.5. The van der Waals surface area contributed by atoms with E-state index in [1.807, 2.05) is 34.1 Å². The van der Waals surface area contributed by atoms with Crippen molar-refractivity contribution in [1.29, 1.82) is 0 Å². The van der Waals surface area contributed by atoms with Crippen LogP contribution in [0.4, 0.5) is 0 Å². The second kappa shape index (κ2) is 7.90. The van der Waals surface area contributed by atoms with Crippen molar-refractivity contribution < 1.29 is 14.3 Å². The van der Waals surface area contributed by atoms with Gasteiger partial charge in [0, 0.05) is 37.8 Å². The molecule has 2 amide bonds. The Morgan fingerprint density at radius 3 is 2.67 bits per heavy atom. The van der Waals surface area contributed by atoms with Gasteiger partial charge in [0.15, 0.2) is 0 Å². The summed E-state index contributed by atoms with van der Waals surface area (Å²) in [4.78, 5) is 28.6. The first-order valence-corrected chi connectivity index (χ1v) is 9.33. The number of hydrogen-bond acceptors (Lipinski definition) is 5. The monoisotopic (exact) mass is 349 g/mol. The van der Waals surface area contributed by atoms with Gasteiger partial charge in [0.2, 0.25) is 11.8 Å². The van der Waals surface area contributed by atoms with E-state index in [2.05, 4.69) is 5.32 Å². The van der Waals surface area contributed by atoms with Gasteiger partial charge >= 0.3 is 0 Å². The molecule has 130 valence electrons. The number of carbonyl (C=O) groups is 2. The fourth-order valence-electron chi connectivity index (χ4n) is 3.02. The average Bonchev–Trinajstić information content (AvgIpc) is 3.16. The van der Waals surface area contributed by atoms with Gasteiger partial charge in [0.1, 0.15) is 5.75 Å². The Labute approximate surface area is 146 Å². The molecule has 1 aromatic rings. The van der Waals surface area contributed by atoms with Crippen molar-refractivity contribution in [1.82, 2.24) is 15.1 Å². The van der Waals surface area contributed by atoms with E-state index in [4.69, 9.17) is 4.74 Å². The summed E-state index contributed by atoms with van der Waals surface area (Å²) in [6.45, 7) is 2.44. The van der Waals surface area contributed by atoms with Crippen molar-refractivity contribution in [3.8, 4) is 5.75 Å². The number of thioether (sulfide) groups is 1. The van der Waals surface area contributed by atoms with Crippen LogP contribution in [-0.2, 0) is 16.0 Å². The van der Waals surface area contributed by atoms with E-state index in [-0.39, 0.29) is 17.9 Å². The third-order valence-corrected chi connectivity index (χ3v) is 5.39. The zero-order chi connectivity index (χ0) is 16.9. The Balaban J connectivity index is 1.50. The first kappa shape index (κ1) is 17.1. The van der Waals surface area contributed by atoms with Crippen LogP contribution in [0, 0.1) is 0 Å². The molecule has 2 aliphatic heterocycles. The van der Waals surface area contributed by atoms with Crippen molar-refractivity contribution >= 4 is 23.6 Å². The Morgan fingerprint density at radius 1 is 1.25 bits per heavy atom. The van der Waals surface area contributed by atoms with Crippen LogP contribution in [0.5, 0.6) is 5.75 Å². The molecular formula is C17H23N3O3S. The highest BCUT2D eigenvalue weighted by Gasteiger charge is 2.30. The summed E-state index contributed by atoms with van der Waals surface area (Å²) in [5.41, 5.74) is 0.949. The standard InChI is InChI=1S/C17H23N3O3S/c1-23-14-4-2-3-13(9-14)10-16(21)19-5-7-20(8-6-19)17(22)15-11-24-12-18-15/h2-4,9,15,18H,5-8,10-12H2,1H3. The molecule has 0 aliphatic carbocycles. The molecule has 0 saturated carbocycles. The second-order valence-corrected chi connectivity index (χ2v) is 7.04. The Bertz CT molecular complexity index is 596. The predicted molar refractivity (Wildman–Crippen MR) is 94.1 cm³/mol. The number of piperazine rings is 1. The minimum atomic E-state index is -0.0611. The van der Waals surface area contributed by atoms with E-state index in [0.29, 0.717) is 32.6 Å². The van der Waals surface area contributed by atoms with Crippen molar-refractivity contribution in [2.24, 2.45) is 0 Å². The first-order chi connectivity index (χ1) is 11.7. The van der Waals surface area contributed by atoms with Gasteiger partial charge in [-0.1, -0.05) is 12.1 Å². The lowest BCUT2D eigenvalue weighted by molar-refractivity contribution is -0.140. The third kappa shape index (κ3) is 4.02. The second-order valence-electron chi connectivity index (χ2n) is 6.01. The molecular weight excluding hydrogens is 326 g/mol. The zero-order valence-corrected chi connectivity index (χ0v) is 14.7. The molecule has 2 aliphatic rings. The van der Waals surface area contributed by atoms with Crippen LogP contribution in [0.15, 0.2) is 24.3 Å². The van der Waals surface area contributed by atoms with Crippen LogP contribution in [0.2, 0.25) is 0 Å². The summed E-state index contributed by atoms with van der Waals surface area (Å²) < 4.78 is 5.19. The number of ether oxygens (including phenoxy) is 1. The number of nitrogens with zero attached hydrogens (tertiary/aromatic N) is 2. The van der Waals surface area contributed by atoms with Crippen molar-refractivity contribution in [3.63, 3.8) is 0 Å². The summed E-state index contributed by atoms with van der Waals surface area (Å²) in [7, 11) is 1.62. The minimum Gasteiger partial charge on any atom is -0.497 e. The number of amides is 2. The third-order valence-electron chi connectivity index (χ3n) is 4.45. The normalized spacial score (nSPS) is 21.0. The molecule has 6 nitrogen and oxygen atoms in total.